The van der Waals surface area contributed by atoms with Crippen molar-refractivity contribution in [2.24, 2.45) is 0 Å². The molecule has 1 atom stereocenters. The number of benzene rings is 2. The van der Waals surface area contributed by atoms with E-state index in [1.54, 1.807) is 6.07 Å². The fourth-order valence-corrected chi connectivity index (χ4v) is 4.52. The highest BCUT2D eigenvalue weighted by molar-refractivity contribution is 7.92. The molecule has 31 heavy (non-hydrogen) atoms. The van der Waals surface area contributed by atoms with E-state index < -0.39 is 61.0 Å². The maximum absolute atomic E-state index is 14.3. The zero-order valence-corrected chi connectivity index (χ0v) is 16.3. The van der Waals surface area contributed by atoms with E-state index in [-0.39, 0.29) is 17.4 Å². The van der Waals surface area contributed by atoms with Crippen LogP contribution in [0.2, 0.25) is 0 Å². The van der Waals surface area contributed by atoms with Gasteiger partial charge in [-0.3, -0.25) is 0 Å². The summed E-state index contributed by atoms with van der Waals surface area (Å²) < 4.78 is 103. The van der Waals surface area contributed by atoms with Gasteiger partial charge in [-0.15, -0.1) is 0 Å². The third kappa shape index (κ3) is 3.70. The molecule has 0 bridgehead atoms. The van der Waals surface area contributed by atoms with Crippen LogP contribution in [0.3, 0.4) is 0 Å². The van der Waals surface area contributed by atoms with E-state index in [0.29, 0.717) is 6.07 Å². The predicted octanol–water partition coefficient (Wildman–Crippen LogP) is 4.16. The Morgan fingerprint density at radius 1 is 1.29 bits per heavy atom. The number of hydrogen-bond donors (Lipinski definition) is 1. The fourth-order valence-electron chi connectivity index (χ4n) is 3.07. The summed E-state index contributed by atoms with van der Waals surface area (Å²) in [7, 11) is -4.43. The summed E-state index contributed by atoms with van der Waals surface area (Å²) in [5.74, 6) is -2.45. The molecular formula is C19H12F5NO5S. The summed E-state index contributed by atoms with van der Waals surface area (Å²) in [4.78, 5) is -0.999. The largest absolute Gasteiger partial charge is 0.496 e. The molecule has 164 valence electrons. The van der Waals surface area contributed by atoms with Crippen molar-refractivity contribution in [2.45, 2.75) is 22.7 Å². The number of fused-ring (bicyclic) bond motifs is 1. The molecule has 0 radical (unpaired) electrons. The Bertz CT molecular complexity index is 1220. The number of hydrogen-bond acceptors (Lipinski definition) is 6. The Balaban J connectivity index is 2.31. The smallest absolute Gasteiger partial charge is 0.379 e. The van der Waals surface area contributed by atoms with Gasteiger partial charge < -0.3 is 14.6 Å². The first-order valence-electron chi connectivity index (χ1n) is 8.34. The van der Waals surface area contributed by atoms with Gasteiger partial charge in [0.05, 0.1) is 29.2 Å². The number of aliphatic hydroxyl groups is 1. The first-order chi connectivity index (χ1) is 14.4. The molecule has 1 heterocycles. The van der Waals surface area contributed by atoms with Gasteiger partial charge >= 0.3 is 5.25 Å². The van der Waals surface area contributed by atoms with Gasteiger partial charge in [0, 0.05) is 17.7 Å². The number of nitrogens with zero attached hydrogens (tertiary/aromatic N) is 1. The molecule has 1 aliphatic heterocycles. The van der Waals surface area contributed by atoms with E-state index in [1.807, 2.05) is 0 Å². The zero-order valence-electron chi connectivity index (χ0n) is 15.4. The zero-order chi connectivity index (χ0) is 23.1. The minimum absolute atomic E-state index is 0.165. The quantitative estimate of drug-likeness (QED) is 0.531. The summed E-state index contributed by atoms with van der Waals surface area (Å²) in [6, 6.07) is 6.01. The van der Waals surface area contributed by atoms with Crippen molar-refractivity contribution in [1.29, 1.82) is 5.26 Å². The van der Waals surface area contributed by atoms with Gasteiger partial charge in [0.25, 0.3) is 6.43 Å². The van der Waals surface area contributed by atoms with Crippen LogP contribution in [0.1, 0.15) is 22.8 Å². The van der Waals surface area contributed by atoms with Crippen LogP contribution >= 0.6 is 0 Å². The number of allylic oxidation sites excluding steroid dienone is 1. The number of methoxy groups -OCH3 is 1. The van der Waals surface area contributed by atoms with E-state index in [1.165, 1.54) is 0 Å². The monoisotopic (exact) mass is 461 g/mol. The van der Waals surface area contributed by atoms with Crippen molar-refractivity contribution in [3.8, 4) is 17.6 Å². The van der Waals surface area contributed by atoms with Gasteiger partial charge in [-0.2, -0.15) is 14.0 Å². The van der Waals surface area contributed by atoms with Crippen molar-refractivity contribution in [3.05, 3.63) is 58.9 Å². The summed E-state index contributed by atoms with van der Waals surface area (Å²) in [5, 5.41) is 14.4. The van der Waals surface area contributed by atoms with Gasteiger partial charge in [0.2, 0.25) is 9.84 Å². The fraction of sp³-hybridized carbons (Fsp3) is 0.211. The van der Waals surface area contributed by atoms with Gasteiger partial charge in [0.15, 0.2) is 6.10 Å². The molecule has 12 heteroatoms. The molecule has 6 nitrogen and oxygen atoms in total. The molecule has 1 aliphatic rings. The maximum Gasteiger partial charge on any atom is 0.379 e. The molecule has 3 rings (SSSR count). The number of alkyl halides is 4. The number of rotatable bonds is 5. The van der Waals surface area contributed by atoms with Crippen molar-refractivity contribution in [2.75, 3.05) is 7.11 Å². The lowest BCUT2D eigenvalue weighted by molar-refractivity contribution is -0.0378. The Kier molecular flexibility index (Phi) is 5.68. The average Bonchev–Trinajstić information content (AvgIpc) is 2.82. The molecule has 0 fully saturated rings. The summed E-state index contributed by atoms with van der Waals surface area (Å²) in [5.41, 5.74) is -1.76. The molecule has 2 aromatic carbocycles. The van der Waals surface area contributed by atoms with E-state index >= 15 is 0 Å². The Morgan fingerprint density at radius 2 is 1.97 bits per heavy atom. The van der Waals surface area contributed by atoms with Crippen molar-refractivity contribution >= 4 is 15.6 Å². The molecule has 0 aliphatic carbocycles. The van der Waals surface area contributed by atoms with Gasteiger partial charge in [-0.25, -0.2) is 21.6 Å². The van der Waals surface area contributed by atoms with Crippen LogP contribution in [-0.2, 0) is 14.6 Å². The molecule has 0 saturated heterocycles. The topological polar surface area (TPSA) is 96.6 Å². The van der Waals surface area contributed by atoms with Gasteiger partial charge in [0.1, 0.15) is 23.1 Å². The predicted molar refractivity (Wildman–Crippen MR) is 95.7 cm³/mol. The van der Waals surface area contributed by atoms with Crippen LogP contribution in [0.15, 0.2) is 41.3 Å². The highest BCUT2D eigenvalue weighted by Crippen LogP contribution is 2.53. The second kappa shape index (κ2) is 7.82. The Hall–Kier alpha value is -3.17. The van der Waals surface area contributed by atoms with Gasteiger partial charge in [-0.05, 0) is 24.3 Å². The Labute approximate surface area is 172 Å². The van der Waals surface area contributed by atoms with Crippen molar-refractivity contribution in [1.82, 2.24) is 0 Å². The first kappa shape index (κ1) is 22.5. The van der Waals surface area contributed by atoms with Crippen LogP contribution in [0.25, 0.3) is 5.76 Å². The van der Waals surface area contributed by atoms with Crippen LogP contribution in [-0.4, -0.2) is 32.3 Å². The number of aliphatic hydroxyl groups excluding tert-OH is 1. The third-order valence-corrected chi connectivity index (χ3v) is 6.25. The number of halogens is 5. The second-order valence-electron chi connectivity index (χ2n) is 6.28. The van der Waals surface area contributed by atoms with Gasteiger partial charge in [-0.1, -0.05) is 0 Å². The minimum Gasteiger partial charge on any atom is -0.496 e. The molecule has 0 saturated carbocycles. The highest BCUT2D eigenvalue weighted by Gasteiger charge is 2.61. The molecule has 1 unspecified atom stereocenters. The summed E-state index contributed by atoms with van der Waals surface area (Å²) in [6.45, 7) is 0. The van der Waals surface area contributed by atoms with E-state index in [2.05, 4.69) is 0 Å². The number of ether oxygens (including phenoxy) is 2. The molecule has 2 aromatic rings. The lowest BCUT2D eigenvalue weighted by Gasteiger charge is -2.19. The van der Waals surface area contributed by atoms with Crippen molar-refractivity contribution in [3.63, 3.8) is 0 Å². The summed E-state index contributed by atoms with van der Waals surface area (Å²) >= 11 is 0. The van der Waals surface area contributed by atoms with Crippen LogP contribution in [0, 0.1) is 17.1 Å². The third-order valence-electron chi connectivity index (χ3n) is 4.38. The molecular weight excluding hydrogens is 449 g/mol. The molecule has 0 spiro atoms. The molecule has 0 aromatic heterocycles. The molecule has 1 N–H and O–H groups in total. The Morgan fingerprint density at radius 3 is 2.55 bits per heavy atom. The SMILES string of the molecule is CO/C(=C/C(F)F)c1c(Oc2cc(F)cc(C#N)c2)ccc2c1C(O)C(F)(F)S2(=O)=O. The lowest BCUT2D eigenvalue weighted by Crippen LogP contribution is -2.28. The second-order valence-corrected chi connectivity index (χ2v) is 8.27. The van der Waals surface area contributed by atoms with E-state index in [0.717, 1.165) is 31.4 Å². The standard InChI is InChI=1S/C19H12F5NO5S/c1-29-13(7-15(21)22)16-12(30-11-5-9(8-25)4-10(20)6-11)2-3-14-17(16)18(26)19(23,24)31(14,27)28/h2-7,15,18,26H,1H3/b13-7+. The minimum atomic E-state index is -5.34. The first-order valence-corrected chi connectivity index (χ1v) is 9.82. The van der Waals surface area contributed by atoms with Crippen LogP contribution < -0.4 is 4.74 Å². The maximum atomic E-state index is 14.3. The normalized spacial score (nSPS) is 19.1. The highest BCUT2D eigenvalue weighted by atomic mass is 32.2. The number of sulfone groups is 1. The number of nitriles is 1. The molecule has 0 amide bonds. The van der Waals surface area contributed by atoms with E-state index in [9.17, 15) is 35.5 Å². The van der Waals surface area contributed by atoms with Crippen LogP contribution in [0.5, 0.6) is 11.5 Å². The van der Waals surface area contributed by atoms with Crippen molar-refractivity contribution < 1.29 is 45.0 Å². The van der Waals surface area contributed by atoms with E-state index in [4.69, 9.17) is 14.7 Å². The lowest BCUT2D eigenvalue weighted by atomic mass is 9.99. The van der Waals surface area contributed by atoms with Crippen LogP contribution in [0.4, 0.5) is 22.0 Å². The summed E-state index contributed by atoms with van der Waals surface area (Å²) in [6.07, 6.45) is -5.86. The average molecular weight is 461 g/mol.